The molecule has 102 valence electrons. The summed E-state index contributed by atoms with van der Waals surface area (Å²) in [6.45, 7) is 4.91. The second-order valence-electron chi connectivity index (χ2n) is 4.41. The van der Waals surface area contributed by atoms with Crippen molar-refractivity contribution in [2.75, 3.05) is 0 Å². The monoisotopic (exact) mass is 340 g/mol. The van der Waals surface area contributed by atoms with Gasteiger partial charge in [0.05, 0.1) is 11.2 Å². The molecule has 0 amide bonds. The molecule has 2 aromatic rings. The first-order chi connectivity index (χ1) is 9.11. The lowest BCUT2D eigenvalue weighted by Gasteiger charge is -2.18. The van der Waals surface area contributed by atoms with Gasteiger partial charge in [-0.3, -0.25) is 0 Å². The van der Waals surface area contributed by atoms with E-state index < -0.39 is 0 Å². The number of thiazole rings is 1. The van der Waals surface area contributed by atoms with Crippen molar-refractivity contribution in [2.24, 2.45) is 0 Å². The number of aromatic nitrogens is 1. The first-order valence-electron chi connectivity index (χ1n) is 6.22. The zero-order valence-corrected chi connectivity index (χ0v) is 13.4. The standard InChI is InChI=1S/C14H17BrN2OS/c1-3-12(11-6-10(15)4-5-13(11)18)16-7-14-9(2)17-8-19-14/h4-6,8,12,16,18H,3,7H2,1-2H3. The van der Waals surface area contributed by atoms with Gasteiger partial charge in [0.15, 0.2) is 0 Å². The van der Waals surface area contributed by atoms with Crippen LogP contribution in [0.3, 0.4) is 0 Å². The Balaban J connectivity index is 2.12. The lowest BCUT2D eigenvalue weighted by molar-refractivity contribution is 0.441. The number of nitrogens with zero attached hydrogens (tertiary/aromatic N) is 1. The van der Waals surface area contributed by atoms with E-state index in [1.807, 2.05) is 24.6 Å². The van der Waals surface area contributed by atoms with Crippen molar-refractivity contribution >= 4 is 27.3 Å². The number of rotatable bonds is 5. The summed E-state index contributed by atoms with van der Waals surface area (Å²) in [5.41, 5.74) is 3.87. The van der Waals surface area contributed by atoms with Crippen LogP contribution < -0.4 is 5.32 Å². The summed E-state index contributed by atoms with van der Waals surface area (Å²) in [4.78, 5) is 5.49. The zero-order chi connectivity index (χ0) is 13.8. The molecule has 5 heteroatoms. The molecule has 0 fully saturated rings. The number of phenols is 1. The van der Waals surface area contributed by atoms with E-state index in [2.05, 4.69) is 33.2 Å². The molecule has 3 nitrogen and oxygen atoms in total. The minimum Gasteiger partial charge on any atom is -0.508 e. The lowest BCUT2D eigenvalue weighted by Crippen LogP contribution is -2.20. The van der Waals surface area contributed by atoms with E-state index in [9.17, 15) is 5.11 Å². The maximum absolute atomic E-state index is 9.98. The van der Waals surface area contributed by atoms with Gasteiger partial charge in [0.2, 0.25) is 0 Å². The van der Waals surface area contributed by atoms with Gasteiger partial charge >= 0.3 is 0 Å². The summed E-state index contributed by atoms with van der Waals surface area (Å²) in [6.07, 6.45) is 0.919. The largest absolute Gasteiger partial charge is 0.508 e. The molecule has 1 unspecified atom stereocenters. The van der Waals surface area contributed by atoms with Crippen LogP contribution in [0.5, 0.6) is 5.75 Å². The summed E-state index contributed by atoms with van der Waals surface area (Å²) in [5, 5.41) is 13.5. The Kier molecular flexibility index (Phi) is 4.96. The Morgan fingerprint density at radius 3 is 2.89 bits per heavy atom. The van der Waals surface area contributed by atoms with Crippen LogP contribution in [0.1, 0.15) is 35.5 Å². The van der Waals surface area contributed by atoms with E-state index in [1.165, 1.54) is 4.88 Å². The minimum atomic E-state index is 0.138. The van der Waals surface area contributed by atoms with Gasteiger partial charge in [0.1, 0.15) is 5.75 Å². The predicted molar refractivity (Wildman–Crippen MR) is 82.5 cm³/mol. The van der Waals surface area contributed by atoms with Crippen molar-refractivity contribution in [1.82, 2.24) is 10.3 Å². The van der Waals surface area contributed by atoms with E-state index >= 15 is 0 Å². The molecule has 0 saturated carbocycles. The normalized spacial score (nSPS) is 12.6. The first kappa shape index (κ1) is 14.5. The van der Waals surface area contributed by atoms with Crippen molar-refractivity contribution < 1.29 is 5.11 Å². The summed E-state index contributed by atoms with van der Waals surface area (Å²) in [6, 6.07) is 5.68. The molecule has 1 heterocycles. The third-order valence-corrected chi connectivity index (χ3v) is 4.56. The molecule has 0 aliphatic carbocycles. The van der Waals surface area contributed by atoms with E-state index in [-0.39, 0.29) is 6.04 Å². The van der Waals surface area contributed by atoms with Gasteiger partial charge in [-0.2, -0.15) is 0 Å². The molecule has 0 aliphatic heterocycles. The van der Waals surface area contributed by atoms with Crippen molar-refractivity contribution in [3.05, 3.63) is 44.3 Å². The van der Waals surface area contributed by atoms with Gasteiger partial charge in [-0.25, -0.2) is 4.98 Å². The number of hydrogen-bond donors (Lipinski definition) is 2. The van der Waals surface area contributed by atoms with E-state index in [1.54, 1.807) is 17.4 Å². The Hall–Kier alpha value is -0.910. The molecular weight excluding hydrogens is 324 g/mol. The number of aryl methyl sites for hydroxylation is 1. The third-order valence-electron chi connectivity index (χ3n) is 3.13. The van der Waals surface area contributed by atoms with Crippen molar-refractivity contribution in [1.29, 1.82) is 0 Å². The van der Waals surface area contributed by atoms with Gasteiger partial charge in [-0.1, -0.05) is 22.9 Å². The summed E-state index contributed by atoms with van der Waals surface area (Å²) in [5.74, 6) is 0.337. The summed E-state index contributed by atoms with van der Waals surface area (Å²) >= 11 is 5.11. The van der Waals surface area contributed by atoms with Crippen molar-refractivity contribution in [2.45, 2.75) is 32.9 Å². The van der Waals surface area contributed by atoms with Crippen molar-refractivity contribution in [3.8, 4) is 5.75 Å². The maximum atomic E-state index is 9.98. The molecule has 0 radical (unpaired) electrons. The van der Waals surface area contributed by atoms with Crippen LogP contribution in [0.15, 0.2) is 28.2 Å². The fourth-order valence-electron chi connectivity index (χ4n) is 1.99. The maximum Gasteiger partial charge on any atom is 0.120 e. The minimum absolute atomic E-state index is 0.138. The number of nitrogens with one attached hydrogen (secondary N) is 1. The molecule has 1 aromatic carbocycles. The highest BCUT2D eigenvalue weighted by Gasteiger charge is 2.14. The van der Waals surface area contributed by atoms with E-state index in [0.29, 0.717) is 5.75 Å². The number of hydrogen-bond acceptors (Lipinski definition) is 4. The highest BCUT2D eigenvalue weighted by Crippen LogP contribution is 2.29. The molecule has 2 rings (SSSR count). The van der Waals surface area contributed by atoms with Gasteiger partial charge in [-0.05, 0) is 31.5 Å². The molecule has 2 N–H and O–H groups in total. The van der Waals surface area contributed by atoms with E-state index in [4.69, 9.17) is 0 Å². The first-order valence-corrected chi connectivity index (χ1v) is 7.89. The van der Waals surface area contributed by atoms with Crippen LogP contribution >= 0.6 is 27.3 Å². The number of halogens is 1. The molecule has 1 aromatic heterocycles. The quantitative estimate of drug-likeness (QED) is 0.858. The topological polar surface area (TPSA) is 45.2 Å². The van der Waals surface area contributed by atoms with Crippen LogP contribution in [0, 0.1) is 6.92 Å². The Labute approximate surface area is 125 Å². The van der Waals surface area contributed by atoms with Crippen LogP contribution in [0.25, 0.3) is 0 Å². The Morgan fingerprint density at radius 1 is 1.47 bits per heavy atom. The molecule has 0 aliphatic rings. The Bertz CT molecular complexity index is 556. The van der Waals surface area contributed by atoms with Crippen LogP contribution in [-0.2, 0) is 6.54 Å². The second kappa shape index (κ2) is 6.50. The summed E-state index contributed by atoms with van der Waals surface area (Å²) < 4.78 is 0.981. The van der Waals surface area contributed by atoms with Gasteiger partial charge < -0.3 is 10.4 Å². The molecule has 0 bridgehead atoms. The predicted octanol–water partition coefficient (Wildman–Crippen LogP) is 4.16. The van der Waals surface area contributed by atoms with Crippen LogP contribution in [-0.4, -0.2) is 10.1 Å². The van der Waals surface area contributed by atoms with Crippen molar-refractivity contribution in [3.63, 3.8) is 0 Å². The highest BCUT2D eigenvalue weighted by molar-refractivity contribution is 9.10. The average molecular weight is 341 g/mol. The molecule has 0 spiro atoms. The number of benzene rings is 1. The number of aromatic hydroxyl groups is 1. The average Bonchev–Trinajstić information content (AvgIpc) is 2.80. The molecule has 0 saturated heterocycles. The fourth-order valence-corrected chi connectivity index (χ4v) is 3.10. The molecular formula is C14H17BrN2OS. The third kappa shape index (κ3) is 3.55. The van der Waals surface area contributed by atoms with Gasteiger partial charge in [0, 0.05) is 27.5 Å². The SMILES string of the molecule is CCC(NCc1scnc1C)c1cc(Br)ccc1O. The Morgan fingerprint density at radius 2 is 2.26 bits per heavy atom. The second-order valence-corrected chi connectivity index (χ2v) is 6.26. The smallest absolute Gasteiger partial charge is 0.120 e. The van der Waals surface area contributed by atoms with Gasteiger partial charge in [-0.15, -0.1) is 11.3 Å². The van der Waals surface area contributed by atoms with E-state index in [0.717, 1.165) is 28.7 Å². The zero-order valence-electron chi connectivity index (χ0n) is 11.0. The van der Waals surface area contributed by atoms with Gasteiger partial charge in [0.25, 0.3) is 0 Å². The summed E-state index contributed by atoms with van der Waals surface area (Å²) in [7, 11) is 0. The number of phenolic OH excluding ortho intramolecular Hbond substituents is 1. The lowest BCUT2D eigenvalue weighted by atomic mass is 10.0. The molecule has 19 heavy (non-hydrogen) atoms. The van der Waals surface area contributed by atoms with Crippen LogP contribution in [0.2, 0.25) is 0 Å². The van der Waals surface area contributed by atoms with Crippen LogP contribution in [0.4, 0.5) is 0 Å². The highest BCUT2D eigenvalue weighted by atomic mass is 79.9. The fraction of sp³-hybridized carbons (Fsp3) is 0.357. The molecule has 1 atom stereocenters.